The number of rotatable bonds is 9. The number of halogens is 1. The van der Waals surface area contributed by atoms with Crippen LogP contribution in [0.3, 0.4) is 0 Å². The highest BCUT2D eigenvalue weighted by Crippen LogP contribution is 2.23. The van der Waals surface area contributed by atoms with Crippen molar-refractivity contribution in [3.8, 4) is 10.7 Å². The smallest absolute Gasteiger partial charge is 0.241 e. The van der Waals surface area contributed by atoms with Gasteiger partial charge in [0.2, 0.25) is 17.6 Å². The van der Waals surface area contributed by atoms with Gasteiger partial charge in [-0.05, 0) is 42.5 Å². The van der Waals surface area contributed by atoms with Crippen molar-refractivity contribution in [2.45, 2.75) is 25.1 Å². The molecule has 1 aromatic carbocycles. The Morgan fingerprint density at radius 1 is 1.32 bits per heavy atom. The molecule has 1 amide bonds. The molecule has 164 valence electrons. The minimum Gasteiger partial charge on any atom is -0.355 e. The zero-order valence-corrected chi connectivity index (χ0v) is 19.5. The highest BCUT2D eigenvalue weighted by molar-refractivity contribution is 7.98. The molecule has 1 atom stereocenters. The molecule has 6 nitrogen and oxygen atoms in total. The molecule has 1 fully saturated rings. The molecule has 9 heteroatoms. The van der Waals surface area contributed by atoms with E-state index in [1.54, 1.807) is 23.1 Å². The maximum atomic E-state index is 12.6. The van der Waals surface area contributed by atoms with Crippen molar-refractivity contribution < 1.29 is 9.32 Å². The molecule has 2 aromatic heterocycles. The number of likely N-dealkylation sites (tertiary alicyclic amines) is 1. The van der Waals surface area contributed by atoms with E-state index in [-0.39, 0.29) is 11.8 Å². The summed E-state index contributed by atoms with van der Waals surface area (Å²) in [6.07, 6.45) is 1.91. The maximum Gasteiger partial charge on any atom is 0.241 e. The third-order valence-electron chi connectivity index (χ3n) is 5.21. The van der Waals surface area contributed by atoms with Gasteiger partial charge in [0.15, 0.2) is 0 Å². The van der Waals surface area contributed by atoms with E-state index in [9.17, 15) is 4.79 Å². The van der Waals surface area contributed by atoms with E-state index >= 15 is 0 Å². The molecule has 31 heavy (non-hydrogen) atoms. The molecule has 3 aromatic rings. The Morgan fingerprint density at radius 3 is 3.06 bits per heavy atom. The van der Waals surface area contributed by atoms with Crippen molar-refractivity contribution in [1.29, 1.82) is 0 Å². The molecule has 0 aliphatic carbocycles. The summed E-state index contributed by atoms with van der Waals surface area (Å²) in [6, 6.07) is 11.8. The minimum absolute atomic E-state index is 0.00186. The number of nitrogens with zero attached hydrogens (tertiary/aromatic N) is 3. The molecule has 1 unspecified atom stereocenters. The summed E-state index contributed by atoms with van der Waals surface area (Å²) in [5, 5.41) is 9.95. The maximum absolute atomic E-state index is 12.6. The van der Waals surface area contributed by atoms with Crippen LogP contribution in [0.15, 0.2) is 46.3 Å². The van der Waals surface area contributed by atoms with Crippen LogP contribution in [0.1, 0.15) is 24.3 Å². The van der Waals surface area contributed by atoms with Crippen molar-refractivity contribution in [3.05, 3.63) is 58.3 Å². The molecule has 0 radical (unpaired) electrons. The largest absolute Gasteiger partial charge is 0.355 e. The zero-order chi connectivity index (χ0) is 21.5. The third-order valence-corrected chi connectivity index (χ3v) is 7.45. The molecule has 0 saturated carbocycles. The summed E-state index contributed by atoms with van der Waals surface area (Å²) < 4.78 is 5.41. The first-order chi connectivity index (χ1) is 15.2. The van der Waals surface area contributed by atoms with Gasteiger partial charge in [-0.1, -0.05) is 41.0 Å². The number of hydrogen-bond acceptors (Lipinski definition) is 7. The second-order valence-corrected chi connectivity index (χ2v) is 9.96. The molecule has 1 saturated heterocycles. The van der Waals surface area contributed by atoms with Gasteiger partial charge >= 0.3 is 0 Å². The number of carbonyl (C=O) groups excluding carboxylic acids is 1. The second-order valence-electron chi connectivity index (χ2n) is 7.50. The Morgan fingerprint density at radius 2 is 2.23 bits per heavy atom. The molecular weight excluding hydrogens is 452 g/mol. The normalized spacial score (nSPS) is 17.0. The lowest BCUT2D eigenvalue weighted by Gasteiger charge is -2.30. The van der Waals surface area contributed by atoms with E-state index in [4.69, 9.17) is 16.1 Å². The van der Waals surface area contributed by atoms with Gasteiger partial charge in [-0.15, -0.1) is 11.3 Å². The summed E-state index contributed by atoms with van der Waals surface area (Å²) >= 11 is 9.55. The lowest BCUT2D eigenvalue weighted by atomic mass is 9.97. The summed E-state index contributed by atoms with van der Waals surface area (Å²) in [4.78, 5) is 20.3. The average Bonchev–Trinajstić information content (AvgIpc) is 3.47. The number of carbonyl (C=O) groups is 1. The number of nitrogens with one attached hydrogen (secondary N) is 1. The van der Waals surface area contributed by atoms with Gasteiger partial charge < -0.3 is 9.84 Å². The fourth-order valence-electron chi connectivity index (χ4n) is 3.62. The fourth-order valence-corrected chi connectivity index (χ4v) is 5.41. The quantitative estimate of drug-likeness (QED) is 0.451. The Labute approximate surface area is 195 Å². The molecule has 4 rings (SSSR count). The van der Waals surface area contributed by atoms with Crippen LogP contribution in [0.2, 0.25) is 5.02 Å². The van der Waals surface area contributed by atoms with Gasteiger partial charge in [0, 0.05) is 29.6 Å². The first-order valence-electron chi connectivity index (χ1n) is 10.4. The van der Waals surface area contributed by atoms with Crippen LogP contribution >= 0.6 is 34.7 Å². The van der Waals surface area contributed by atoms with Gasteiger partial charge in [0.05, 0.1) is 17.3 Å². The fraction of sp³-hybridized carbons (Fsp3) is 0.409. The van der Waals surface area contributed by atoms with Gasteiger partial charge in [-0.2, -0.15) is 16.7 Å². The average molecular weight is 477 g/mol. The van der Waals surface area contributed by atoms with Crippen molar-refractivity contribution in [1.82, 2.24) is 20.4 Å². The molecule has 1 aliphatic rings. The van der Waals surface area contributed by atoms with Crippen LogP contribution < -0.4 is 5.32 Å². The third kappa shape index (κ3) is 6.32. The molecular formula is C22H25ClN4O2S2. The number of thiophene rings is 1. The molecule has 1 N–H and O–H groups in total. The van der Waals surface area contributed by atoms with Gasteiger partial charge in [-0.25, -0.2) is 0 Å². The summed E-state index contributed by atoms with van der Waals surface area (Å²) in [7, 11) is 0. The number of piperidine rings is 1. The molecule has 0 spiro atoms. The number of amides is 1. The second kappa shape index (κ2) is 11.1. The number of thioether (sulfide) groups is 1. The lowest BCUT2D eigenvalue weighted by Crippen LogP contribution is -2.43. The van der Waals surface area contributed by atoms with Crippen LogP contribution in [0.4, 0.5) is 0 Å². The summed E-state index contributed by atoms with van der Waals surface area (Å²) in [6.45, 7) is 2.90. The summed E-state index contributed by atoms with van der Waals surface area (Å²) in [5.41, 5.74) is 1.13. The van der Waals surface area contributed by atoms with Crippen LogP contribution in [0.25, 0.3) is 10.7 Å². The first kappa shape index (κ1) is 22.3. The summed E-state index contributed by atoms with van der Waals surface area (Å²) in [5.74, 6) is 3.08. The molecule has 1 aliphatic heterocycles. The standard InChI is InChI=1S/C22H25ClN4O2S2/c23-18-7-2-1-5-17(18)15-30-12-9-24-22(28)16-6-3-10-27(13-16)14-20-25-21(26-29-20)19-8-4-11-31-19/h1-2,4-5,7-8,11,16H,3,6,9-10,12-15H2,(H,24,28). The van der Waals surface area contributed by atoms with E-state index in [1.165, 1.54) is 0 Å². The Kier molecular flexibility index (Phi) is 8.02. The zero-order valence-electron chi connectivity index (χ0n) is 17.1. The van der Waals surface area contributed by atoms with Crippen LogP contribution in [0, 0.1) is 5.92 Å². The van der Waals surface area contributed by atoms with Crippen LogP contribution in [-0.2, 0) is 17.1 Å². The Bertz CT molecular complexity index is 980. The van der Waals surface area contributed by atoms with Crippen molar-refractivity contribution in [2.24, 2.45) is 5.92 Å². The Balaban J connectivity index is 1.18. The van der Waals surface area contributed by atoms with E-state index in [2.05, 4.69) is 20.4 Å². The predicted molar refractivity (Wildman–Crippen MR) is 126 cm³/mol. The lowest BCUT2D eigenvalue weighted by molar-refractivity contribution is -0.126. The van der Waals surface area contributed by atoms with Gasteiger partial charge in [-0.3, -0.25) is 9.69 Å². The van der Waals surface area contributed by atoms with E-state index < -0.39 is 0 Å². The van der Waals surface area contributed by atoms with Crippen molar-refractivity contribution in [2.75, 3.05) is 25.4 Å². The predicted octanol–water partition coefficient (Wildman–Crippen LogP) is 4.71. The minimum atomic E-state index is 0.00186. The molecule has 3 heterocycles. The van der Waals surface area contributed by atoms with E-state index in [0.717, 1.165) is 52.9 Å². The van der Waals surface area contributed by atoms with Crippen LogP contribution in [-0.4, -0.2) is 46.3 Å². The number of aromatic nitrogens is 2. The SMILES string of the molecule is O=C(NCCSCc1ccccc1Cl)C1CCCN(Cc2nc(-c3cccs3)no2)C1. The van der Waals surface area contributed by atoms with E-state index in [0.29, 0.717) is 24.8 Å². The highest BCUT2D eigenvalue weighted by atomic mass is 35.5. The van der Waals surface area contributed by atoms with Crippen molar-refractivity contribution >= 4 is 40.6 Å². The highest BCUT2D eigenvalue weighted by Gasteiger charge is 2.26. The van der Waals surface area contributed by atoms with Gasteiger partial charge in [0.25, 0.3) is 0 Å². The van der Waals surface area contributed by atoms with E-state index in [1.807, 2.05) is 41.8 Å². The van der Waals surface area contributed by atoms with Crippen LogP contribution in [0.5, 0.6) is 0 Å². The molecule has 0 bridgehead atoms. The topological polar surface area (TPSA) is 71.3 Å². The first-order valence-corrected chi connectivity index (χ1v) is 12.8. The number of hydrogen-bond donors (Lipinski definition) is 1. The van der Waals surface area contributed by atoms with Gasteiger partial charge in [0.1, 0.15) is 0 Å². The monoisotopic (exact) mass is 476 g/mol. The number of benzene rings is 1. The Hall–Kier alpha value is -1.87. The van der Waals surface area contributed by atoms with Crippen molar-refractivity contribution in [3.63, 3.8) is 0 Å².